The topological polar surface area (TPSA) is 85.9 Å². The monoisotopic (exact) mass is 386 g/mol. The van der Waals surface area contributed by atoms with Crippen molar-refractivity contribution in [2.45, 2.75) is 20.3 Å². The molecule has 7 nitrogen and oxygen atoms in total. The molecule has 150 valence electrons. The number of amides is 2. The molecule has 2 rings (SSSR count). The molecule has 0 saturated heterocycles. The molecule has 0 fully saturated rings. The minimum absolute atomic E-state index is 0.0771. The Morgan fingerprint density at radius 1 is 0.821 bits per heavy atom. The minimum Gasteiger partial charge on any atom is -0.494 e. The van der Waals surface area contributed by atoms with Gasteiger partial charge in [0, 0.05) is 18.3 Å². The molecule has 0 aromatic heterocycles. The van der Waals surface area contributed by atoms with E-state index in [1.807, 2.05) is 13.8 Å². The van der Waals surface area contributed by atoms with Crippen LogP contribution in [0.5, 0.6) is 17.2 Å². The Morgan fingerprint density at radius 2 is 1.46 bits per heavy atom. The second-order valence-electron chi connectivity index (χ2n) is 5.93. The fourth-order valence-corrected chi connectivity index (χ4v) is 2.26. The number of hydrogen-bond donors (Lipinski definition) is 2. The maximum atomic E-state index is 12.1. The maximum Gasteiger partial charge on any atom is 0.262 e. The highest BCUT2D eigenvalue weighted by Crippen LogP contribution is 2.19. The first-order valence-electron chi connectivity index (χ1n) is 9.25. The molecular formula is C21H26N2O5. The summed E-state index contributed by atoms with van der Waals surface area (Å²) in [5.74, 6) is 1.34. The normalized spacial score (nSPS) is 10.1. The number of anilines is 1. The van der Waals surface area contributed by atoms with Crippen LogP contribution in [0.4, 0.5) is 5.69 Å². The van der Waals surface area contributed by atoms with Gasteiger partial charge in [0.15, 0.2) is 13.2 Å². The minimum atomic E-state index is -0.299. The summed E-state index contributed by atoms with van der Waals surface area (Å²) in [5, 5.41) is 5.39. The van der Waals surface area contributed by atoms with Gasteiger partial charge in [-0.25, -0.2) is 0 Å². The van der Waals surface area contributed by atoms with E-state index in [0.29, 0.717) is 30.3 Å². The zero-order chi connectivity index (χ0) is 20.2. The zero-order valence-electron chi connectivity index (χ0n) is 16.2. The van der Waals surface area contributed by atoms with Crippen LogP contribution in [0.3, 0.4) is 0 Å². The smallest absolute Gasteiger partial charge is 0.262 e. The quantitative estimate of drug-likeness (QED) is 0.620. The van der Waals surface area contributed by atoms with E-state index in [2.05, 4.69) is 10.6 Å². The highest BCUT2D eigenvalue weighted by molar-refractivity contribution is 5.92. The van der Waals surface area contributed by atoms with Crippen molar-refractivity contribution in [3.8, 4) is 17.2 Å². The molecule has 0 radical (unpaired) electrons. The van der Waals surface area contributed by atoms with Gasteiger partial charge in [0.2, 0.25) is 0 Å². The van der Waals surface area contributed by atoms with Crippen LogP contribution in [-0.4, -0.2) is 38.2 Å². The molecule has 0 atom stereocenters. The number of ether oxygens (including phenoxy) is 3. The first kappa shape index (κ1) is 21.1. The molecule has 0 saturated carbocycles. The summed E-state index contributed by atoms with van der Waals surface area (Å²) < 4.78 is 16.4. The summed E-state index contributed by atoms with van der Waals surface area (Å²) in [6.45, 7) is 4.89. The third-order valence-electron chi connectivity index (χ3n) is 3.53. The lowest BCUT2D eigenvalue weighted by Crippen LogP contribution is -2.28. The summed E-state index contributed by atoms with van der Waals surface area (Å²) in [6.07, 6.45) is 0.941. The Bertz CT molecular complexity index is 762. The summed E-state index contributed by atoms with van der Waals surface area (Å²) in [4.78, 5) is 23.5. The van der Waals surface area contributed by atoms with E-state index >= 15 is 0 Å². The van der Waals surface area contributed by atoms with Crippen molar-refractivity contribution < 1.29 is 23.8 Å². The van der Waals surface area contributed by atoms with Crippen LogP contribution in [0.25, 0.3) is 0 Å². The predicted molar refractivity (Wildman–Crippen MR) is 107 cm³/mol. The Kier molecular flexibility index (Phi) is 8.65. The highest BCUT2D eigenvalue weighted by atomic mass is 16.5. The number of carbonyl (C=O) groups excluding carboxylic acids is 2. The molecule has 0 spiro atoms. The molecule has 0 aliphatic heterocycles. The van der Waals surface area contributed by atoms with Gasteiger partial charge in [-0.05, 0) is 49.7 Å². The summed E-state index contributed by atoms with van der Waals surface area (Å²) in [5.41, 5.74) is 0.560. The van der Waals surface area contributed by atoms with Gasteiger partial charge >= 0.3 is 0 Å². The molecule has 2 N–H and O–H groups in total. The van der Waals surface area contributed by atoms with Crippen molar-refractivity contribution in [2.24, 2.45) is 0 Å². The van der Waals surface area contributed by atoms with Gasteiger partial charge in [-0.2, -0.15) is 0 Å². The third-order valence-corrected chi connectivity index (χ3v) is 3.53. The average Bonchev–Trinajstić information content (AvgIpc) is 2.70. The molecule has 0 unspecified atom stereocenters. The van der Waals surface area contributed by atoms with Gasteiger partial charge in [-0.3, -0.25) is 9.59 Å². The second kappa shape index (κ2) is 11.5. The third kappa shape index (κ3) is 7.57. The SMILES string of the molecule is CCCOc1ccc(OCC(=O)Nc2cccc(OCC(=O)NCC)c2)cc1. The van der Waals surface area contributed by atoms with E-state index in [-0.39, 0.29) is 25.0 Å². The number of benzene rings is 2. The fourth-order valence-electron chi connectivity index (χ4n) is 2.26. The Labute approximate surface area is 165 Å². The predicted octanol–water partition coefficient (Wildman–Crippen LogP) is 3.01. The lowest BCUT2D eigenvalue weighted by atomic mass is 10.3. The van der Waals surface area contributed by atoms with E-state index in [4.69, 9.17) is 14.2 Å². The van der Waals surface area contributed by atoms with E-state index < -0.39 is 0 Å². The average molecular weight is 386 g/mol. The molecule has 7 heteroatoms. The first-order valence-corrected chi connectivity index (χ1v) is 9.25. The molecule has 0 heterocycles. The van der Waals surface area contributed by atoms with Crippen LogP contribution in [0.2, 0.25) is 0 Å². The maximum absolute atomic E-state index is 12.1. The van der Waals surface area contributed by atoms with Crippen molar-refractivity contribution in [1.29, 1.82) is 0 Å². The van der Waals surface area contributed by atoms with Crippen molar-refractivity contribution in [2.75, 3.05) is 31.7 Å². The largest absolute Gasteiger partial charge is 0.494 e. The van der Waals surface area contributed by atoms with Gasteiger partial charge in [-0.1, -0.05) is 13.0 Å². The van der Waals surface area contributed by atoms with Crippen LogP contribution in [0.1, 0.15) is 20.3 Å². The lowest BCUT2D eigenvalue weighted by Gasteiger charge is -2.10. The lowest BCUT2D eigenvalue weighted by molar-refractivity contribution is -0.123. The summed E-state index contributed by atoms with van der Waals surface area (Å²) in [7, 11) is 0. The van der Waals surface area contributed by atoms with Gasteiger partial charge in [0.25, 0.3) is 11.8 Å². The standard InChI is InChI=1S/C21H26N2O5/c1-3-12-26-17-8-10-18(11-9-17)27-15-21(25)23-16-6-5-7-19(13-16)28-14-20(24)22-4-2/h5-11,13H,3-4,12,14-15H2,1-2H3,(H,22,24)(H,23,25). The molecule has 0 aliphatic carbocycles. The molecule has 2 aromatic carbocycles. The van der Waals surface area contributed by atoms with Crippen LogP contribution in [0.15, 0.2) is 48.5 Å². The van der Waals surface area contributed by atoms with Gasteiger partial charge < -0.3 is 24.8 Å². The summed E-state index contributed by atoms with van der Waals surface area (Å²) >= 11 is 0. The molecule has 0 aliphatic rings. The van der Waals surface area contributed by atoms with Crippen molar-refractivity contribution in [3.05, 3.63) is 48.5 Å². The fraction of sp³-hybridized carbons (Fsp3) is 0.333. The zero-order valence-corrected chi connectivity index (χ0v) is 16.2. The molecule has 28 heavy (non-hydrogen) atoms. The number of hydrogen-bond acceptors (Lipinski definition) is 5. The molecule has 2 aromatic rings. The van der Waals surface area contributed by atoms with Crippen molar-refractivity contribution in [1.82, 2.24) is 5.32 Å². The number of nitrogens with one attached hydrogen (secondary N) is 2. The van der Waals surface area contributed by atoms with Crippen molar-refractivity contribution >= 4 is 17.5 Å². The van der Waals surface area contributed by atoms with Gasteiger partial charge in [-0.15, -0.1) is 0 Å². The number of carbonyl (C=O) groups is 2. The molecular weight excluding hydrogens is 360 g/mol. The second-order valence-corrected chi connectivity index (χ2v) is 5.93. The van der Waals surface area contributed by atoms with Gasteiger partial charge in [0.1, 0.15) is 17.2 Å². The molecule has 0 bridgehead atoms. The van der Waals surface area contributed by atoms with E-state index in [0.717, 1.165) is 12.2 Å². The summed E-state index contributed by atoms with van der Waals surface area (Å²) in [6, 6.07) is 14.0. The van der Waals surface area contributed by atoms with E-state index in [1.54, 1.807) is 48.5 Å². The van der Waals surface area contributed by atoms with Crippen LogP contribution in [0, 0.1) is 0 Å². The highest BCUT2D eigenvalue weighted by Gasteiger charge is 2.06. The Morgan fingerprint density at radius 3 is 2.14 bits per heavy atom. The van der Waals surface area contributed by atoms with Gasteiger partial charge in [0.05, 0.1) is 6.61 Å². The first-order chi connectivity index (χ1) is 13.6. The molecule has 2 amide bonds. The van der Waals surface area contributed by atoms with Crippen molar-refractivity contribution in [3.63, 3.8) is 0 Å². The van der Waals surface area contributed by atoms with E-state index in [9.17, 15) is 9.59 Å². The van der Waals surface area contributed by atoms with Crippen LogP contribution < -0.4 is 24.8 Å². The number of rotatable bonds is 11. The Balaban J connectivity index is 1.79. The van der Waals surface area contributed by atoms with Crippen LogP contribution >= 0.6 is 0 Å². The Hall–Kier alpha value is -3.22. The van der Waals surface area contributed by atoms with E-state index in [1.165, 1.54) is 0 Å². The van der Waals surface area contributed by atoms with Crippen LogP contribution in [-0.2, 0) is 9.59 Å². The number of likely N-dealkylation sites (N-methyl/N-ethyl adjacent to an activating group) is 1.